The van der Waals surface area contributed by atoms with Crippen LogP contribution >= 0.6 is 11.3 Å². The van der Waals surface area contributed by atoms with Crippen LogP contribution in [0, 0.1) is 0 Å². The second kappa shape index (κ2) is 5.70. The van der Waals surface area contributed by atoms with Crippen LogP contribution in [-0.4, -0.2) is 34.3 Å². The van der Waals surface area contributed by atoms with Crippen molar-refractivity contribution in [2.45, 2.75) is 6.42 Å². The molecule has 0 atom stereocenters. The summed E-state index contributed by atoms with van der Waals surface area (Å²) in [5.74, 6) is 0.0612. The van der Waals surface area contributed by atoms with Gasteiger partial charge in [-0.15, -0.1) is 0 Å². The second-order valence-electron chi connectivity index (χ2n) is 3.94. The van der Waals surface area contributed by atoms with Gasteiger partial charge in [-0.3, -0.25) is 9.48 Å². The molecule has 102 valence electrons. The molecule has 8 heteroatoms. The lowest BCUT2D eigenvalue weighted by molar-refractivity contribution is 0.0958. The van der Waals surface area contributed by atoms with Gasteiger partial charge >= 0.3 is 0 Å². The fraction of sp³-hybridized carbons (Fsp3) is 0.364. The summed E-state index contributed by atoms with van der Waals surface area (Å²) in [6, 6.07) is 1.92. The van der Waals surface area contributed by atoms with Crippen molar-refractivity contribution in [1.29, 1.82) is 0 Å². The molecule has 0 saturated heterocycles. The van der Waals surface area contributed by atoms with Gasteiger partial charge in [0.1, 0.15) is 10.7 Å². The lowest BCUT2D eigenvalue weighted by Gasteiger charge is -2.04. The van der Waals surface area contributed by atoms with Crippen LogP contribution in [0.15, 0.2) is 12.3 Å². The zero-order valence-corrected chi connectivity index (χ0v) is 11.6. The number of nitrogens with zero attached hydrogens (tertiary/aromatic N) is 3. The number of rotatable bonds is 5. The Balaban J connectivity index is 1.90. The molecule has 0 bridgehead atoms. The number of anilines is 2. The molecule has 0 saturated carbocycles. The molecule has 0 unspecified atom stereocenters. The van der Waals surface area contributed by atoms with Gasteiger partial charge in [-0.05, 0) is 6.07 Å². The minimum atomic E-state index is -0.196. The van der Waals surface area contributed by atoms with E-state index in [4.69, 9.17) is 5.73 Å². The Hall–Kier alpha value is -2.09. The maximum Gasteiger partial charge on any atom is 0.265 e. The molecular formula is C11H16N6OS. The first-order valence-electron chi connectivity index (χ1n) is 5.81. The Morgan fingerprint density at radius 3 is 2.95 bits per heavy atom. The molecule has 0 spiro atoms. The summed E-state index contributed by atoms with van der Waals surface area (Å²) >= 11 is 1.24. The normalized spacial score (nSPS) is 10.4. The van der Waals surface area contributed by atoms with Crippen molar-refractivity contribution in [2.24, 2.45) is 7.05 Å². The summed E-state index contributed by atoms with van der Waals surface area (Å²) < 4.78 is 1.78. The smallest absolute Gasteiger partial charge is 0.265 e. The number of hydrogen-bond donors (Lipinski definition) is 3. The summed E-state index contributed by atoms with van der Waals surface area (Å²) in [7, 11) is 3.61. The molecule has 0 aromatic carbocycles. The summed E-state index contributed by atoms with van der Waals surface area (Å²) in [6.45, 7) is 0.532. The van der Waals surface area contributed by atoms with Crippen LogP contribution in [0.5, 0.6) is 0 Å². The van der Waals surface area contributed by atoms with E-state index < -0.39 is 0 Å². The molecule has 0 fully saturated rings. The molecule has 2 rings (SSSR count). The van der Waals surface area contributed by atoms with Crippen LogP contribution in [0.1, 0.15) is 15.4 Å². The highest BCUT2D eigenvalue weighted by Crippen LogP contribution is 2.24. The van der Waals surface area contributed by atoms with Crippen LogP contribution in [0.4, 0.5) is 10.9 Å². The van der Waals surface area contributed by atoms with Crippen LogP contribution in [0.25, 0.3) is 0 Å². The third kappa shape index (κ3) is 3.02. The number of hydrogen-bond acceptors (Lipinski definition) is 6. The first-order valence-corrected chi connectivity index (χ1v) is 6.62. The summed E-state index contributed by atoms with van der Waals surface area (Å²) in [5.41, 5.74) is 6.76. The van der Waals surface area contributed by atoms with Crippen molar-refractivity contribution in [1.82, 2.24) is 20.1 Å². The van der Waals surface area contributed by atoms with E-state index in [1.165, 1.54) is 11.3 Å². The quantitative estimate of drug-likeness (QED) is 0.739. The molecule has 19 heavy (non-hydrogen) atoms. The van der Waals surface area contributed by atoms with E-state index in [0.29, 0.717) is 16.6 Å². The first-order chi connectivity index (χ1) is 9.11. The monoisotopic (exact) mass is 280 g/mol. The summed E-state index contributed by atoms with van der Waals surface area (Å²) in [6.07, 6.45) is 2.46. The minimum absolute atomic E-state index is 0.196. The highest BCUT2D eigenvalue weighted by molar-refractivity contribution is 7.18. The Kier molecular flexibility index (Phi) is 4.00. The van der Waals surface area contributed by atoms with Gasteiger partial charge in [-0.25, -0.2) is 4.98 Å². The molecular weight excluding hydrogens is 264 g/mol. The predicted molar refractivity (Wildman–Crippen MR) is 75.3 cm³/mol. The van der Waals surface area contributed by atoms with E-state index in [9.17, 15) is 4.79 Å². The molecule has 1 amide bonds. The number of carbonyl (C=O) groups is 1. The Morgan fingerprint density at radius 1 is 1.58 bits per heavy atom. The van der Waals surface area contributed by atoms with Crippen LogP contribution in [-0.2, 0) is 13.5 Å². The van der Waals surface area contributed by atoms with Crippen molar-refractivity contribution in [3.63, 3.8) is 0 Å². The number of nitrogens with two attached hydrogens (primary N) is 1. The van der Waals surface area contributed by atoms with Crippen molar-refractivity contribution in [2.75, 3.05) is 24.6 Å². The fourth-order valence-electron chi connectivity index (χ4n) is 1.63. The topological polar surface area (TPSA) is 97.9 Å². The SMILES string of the molecule is CNc1nc(N)c(C(=O)NCCc2ccnn2C)s1. The largest absolute Gasteiger partial charge is 0.382 e. The fourth-order valence-corrected chi connectivity index (χ4v) is 2.39. The molecule has 7 nitrogen and oxygen atoms in total. The first kappa shape index (κ1) is 13.3. The molecule has 2 heterocycles. The van der Waals surface area contributed by atoms with Gasteiger partial charge in [0.05, 0.1) is 0 Å². The highest BCUT2D eigenvalue weighted by atomic mass is 32.1. The second-order valence-corrected chi connectivity index (χ2v) is 4.93. The minimum Gasteiger partial charge on any atom is -0.382 e. The Labute approximate surface area is 114 Å². The van der Waals surface area contributed by atoms with Gasteiger partial charge in [-0.2, -0.15) is 5.10 Å². The summed E-state index contributed by atoms with van der Waals surface area (Å²) in [5, 5.41) is 10.4. The molecule has 0 aliphatic heterocycles. The van der Waals surface area contributed by atoms with Crippen molar-refractivity contribution in [3.8, 4) is 0 Å². The number of nitrogen functional groups attached to an aromatic ring is 1. The Bertz CT molecular complexity index is 576. The lowest BCUT2D eigenvalue weighted by Crippen LogP contribution is -2.26. The van der Waals surface area contributed by atoms with Crippen molar-refractivity contribution < 1.29 is 4.79 Å². The van der Waals surface area contributed by atoms with Gasteiger partial charge in [0.2, 0.25) is 0 Å². The molecule has 2 aromatic rings. The number of aryl methyl sites for hydroxylation is 1. The predicted octanol–water partition coefficient (Wildman–Crippen LogP) is 0.473. The van der Waals surface area contributed by atoms with E-state index in [2.05, 4.69) is 20.7 Å². The molecule has 0 radical (unpaired) electrons. The van der Waals surface area contributed by atoms with Crippen molar-refractivity contribution in [3.05, 3.63) is 22.8 Å². The van der Waals surface area contributed by atoms with E-state index in [-0.39, 0.29) is 11.7 Å². The third-order valence-electron chi connectivity index (χ3n) is 2.66. The van der Waals surface area contributed by atoms with E-state index >= 15 is 0 Å². The highest BCUT2D eigenvalue weighted by Gasteiger charge is 2.15. The van der Waals surface area contributed by atoms with E-state index in [1.54, 1.807) is 17.9 Å². The molecule has 0 aliphatic carbocycles. The van der Waals surface area contributed by atoms with Crippen LogP contribution in [0.2, 0.25) is 0 Å². The molecule has 4 N–H and O–H groups in total. The zero-order valence-electron chi connectivity index (χ0n) is 10.8. The Morgan fingerprint density at radius 2 is 2.37 bits per heavy atom. The average Bonchev–Trinajstić information content (AvgIpc) is 2.96. The third-order valence-corrected chi connectivity index (χ3v) is 3.75. The van der Waals surface area contributed by atoms with Gasteiger partial charge in [0.15, 0.2) is 5.13 Å². The van der Waals surface area contributed by atoms with Crippen LogP contribution in [0.3, 0.4) is 0 Å². The number of thiazole rings is 1. The number of carbonyl (C=O) groups excluding carboxylic acids is 1. The van der Waals surface area contributed by atoms with Gasteiger partial charge < -0.3 is 16.4 Å². The van der Waals surface area contributed by atoms with Crippen LogP contribution < -0.4 is 16.4 Å². The zero-order chi connectivity index (χ0) is 13.8. The standard InChI is InChI=1S/C11H16N6OS/c1-13-11-16-9(12)8(19-11)10(18)14-5-3-7-4-6-15-17(7)2/h4,6H,3,5,12H2,1-2H3,(H,13,16)(H,14,18). The molecule has 0 aliphatic rings. The van der Waals surface area contributed by atoms with E-state index in [0.717, 1.165) is 12.1 Å². The average molecular weight is 280 g/mol. The van der Waals surface area contributed by atoms with Crippen molar-refractivity contribution >= 4 is 28.2 Å². The maximum absolute atomic E-state index is 11.9. The molecule has 2 aromatic heterocycles. The number of aromatic nitrogens is 3. The maximum atomic E-state index is 11.9. The van der Waals surface area contributed by atoms with Gasteiger partial charge in [-0.1, -0.05) is 11.3 Å². The lowest BCUT2D eigenvalue weighted by atomic mass is 10.3. The van der Waals surface area contributed by atoms with E-state index in [1.807, 2.05) is 13.1 Å². The number of nitrogens with one attached hydrogen (secondary N) is 2. The number of amides is 1. The summed E-state index contributed by atoms with van der Waals surface area (Å²) in [4.78, 5) is 16.4. The van der Waals surface area contributed by atoms with Gasteiger partial charge in [0, 0.05) is 39.0 Å². The van der Waals surface area contributed by atoms with Gasteiger partial charge in [0.25, 0.3) is 5.91 Å².